The third kappa shape index (κ3) is 2.67. The van der Waals surface area contributed by atoms with Crippen molar-refractivity contribution < 1.29 is 4.48 Å². The molecule has 0 atom stereocenters. The van der Waals surface area contributed by atoms with E-state index in [9.17, 15) is 0 Å². The molecule has 0 saturated heterocycles. The largest absolute Gasteiger partial charge is 0.315 e. The minimum absolute atomic E-state index is 0.753. The normalized spacial score (nSPS) is 11.4. The lowest BCUT2D eigenvalue weighted by Gasteiger charge is -2.28. The van der Waals surface area contributed by atoms with E-state index in [0.717, 1.165) is 17.6 Å². The molecule has 0 fully saturated rings. The smallest absolute Gasteiger partial charge is 0.140 e. The lowest BCUT2D eigenvalue weighted by molar-refractivity contribution is -0.896. The molecule has 0 heterocycles. The first-order valence-electron chi connectivity index (χ1n) is 5.84. The average Bonchev–Trinajstić information content (AvgIpc) is 2.29. The van der Waals surface area contributed by atoms with Crippen LogP contribution in [0.15, 0.2) is 42.5 Å². The van der Waals surface area contributed by atoms with Gasteiger partial charge in [0.1, 0.15) is 13.1 Å². The predicted octanol–water partition coefficient (Wildman–Crippen LogP) is 3.05. The molecule has 1 heteroatoms. The minimum Gasteiger partial charge on any atom is -0.315 e. The number of terminal acetylenes is 1. The zero-order valence-electron chi connectivity index (χ0n) is 10.5. The van der Waals surface area contributed by atoms with E-state index in [1.54, 1.807) is 0 Å². The SMILES string of the molecule is C#CC[N+](C)(C)Cc1cccc2ccccc12. The number of rotatable bonds is 3. The zero-order valence-corrected chi connectivity index (χ0v) is 10.5. The highest BCUT2D eigenvalue weighted by atomic mass is 15.3. The molecule has 2 rings (SSSR count). The molecule has 0 aromatic heterocycles. The van der Waals surface area contributed by atoms with Gasteiger partial charge in [-0.2, -0.15) is 0 Å². The quantitative estimate of drug-likeness (QED) is 0.555. The van der Waals surface area contributed by atoms with Crippen molar-refractivity contribution in [3.63, 3.8) is 0 Å². The van der Waals surface area contributed by atoms with Crippen LogP contribution in [0, 0.1) is 12.3 Å². The van der Waals surface area contributed by atoms with Crippen LogP contribution in [-0.2, 0) is 6.54 Å². The van der Waals surface area contributed by atoms with Crippen LogP contribution in [0.3, 0.4) is 0 Å². The van der Waals surface area contributed by atoms with Gasteiger partial charge >= 0.3 is 0 Å². The maximum atomic E-state index is 5.42. The van der Waals surface area contributed by atoms with E-state index >= 15 is 0 Å². The average molecular weight is 224 g/mol. The Morgan fingerprint density at radius 3 is 2.53 bits per heavy atom. The van der Waals surface area contributed by atoms with E-state index in [1.165, 1.54) is 16.3 Å². The van der Waals surface area contributed by atoms with E-state index in [4.69, 9.17) is 6.42 Å². The molecule has 0 aliphatic heterocycles. The Labute approximate surface area is 103 Å². The molecule has 0 aliphatic carbocycles. The molecule has 2 aromatic carbocycles. The summed E-state index contributed by atoms with van der Waals surface area (Å²) in [7, 11) is 4.34. The van der Waals surface area contributed by atoms with Gasteiger partial charge in [0.15, 0.2) is 0 Å². The van der Waals surface area contributed by atoms with E-state index in [-0.39, 0.29) is 0 Å². The van der Waals surface area contributed by atoms with Crippen molar-refractivity contribution in [2.24, 2.45) is 0 Å². The summed E-state index contributed by atoms with van der Waals surface area (Å²) in [6.07, 6.45) is 5.42. The third-order valence-corrected chi connectivity index (χ3v) is 3.00. The fourth-order valence-corrected chi connectivity index (χ4v) is 2.19. The molecule has 1 nitrogen and oxygen atoms in total. The summed E-state index contributed by atoms with van der Waals surface area (Å²) in [6, 6.07) is 15.0. The van der Waals surface area contributed by atoms with Gasteiger partial charge in [0, 0.05) is 5.56 Å². The molecule has 0 unspecified atom stereocenters. The minimum atomic E-state index is 0.753. The molecule has 2 aromatic rings. The van der Waals surface area contributed by atoms with Crippen LogP contribution in [0.5, 0.6) is 0 Å². The zero-order chi connectivity index (χ0) is 12.3. The predicted molar refractivity (Wildman–Crippen MR) is 73.5 cm³/mol. The van der Waals surface area contributed by atoms with E-state index in [2.05, 4.69) is 62.5 Å². The highest BCUT2D eigenvalue weighted by Gasteiger charge is 2.15. The molecule has 0 radical (unpaired) electrons. The second-order valence-corrected chi connectivity index (χ2v) is 5.09. The lowest BCUT2D eigenvalue weighted by atomic mass is 10.0. The number of hydrogen-bond donors (Lipinski definition) is 0. The van der Waals surface area contributed by atoms with Gasteiger partial charge in [0.2, 0.25) is 0 Å². The summed E-state index contributed by atoms with van der Waals surface area (Å²) in [4.78, 5) is 0. The summed E-state index contributed by atoms with van der Waals surface area (Å²) in [5, 5.41) is 2.63. The topological polar surface area (TPSA) is 0 Å². The summed E-state index contributed by atoms with van der Waals surface area (Å²) >= 11 is 0. The monoisotopic (exact) mass is 224 g/mol. The van der Waals surface area contributed by atoms with Crippen LogP contribution in [-0.4, -0.2) is 25.1 Å². The molecule has 17 heavy (non-hydrogen) atoms. The van der Waals surface area contributed by atoms with Crippen LogP contribution in [0.4, 0.5) is 0 Å². The van der Waals surface area contributed by atoms with E-state index in [0.29, 0.717) is 0 Å². The molecular weight excluding hydrogens is 206 g/mol. The Morgan fingerprint density at radius 1 is 1.06 bits per heavy atom. The van der Waals surface area contributed by atoms with Gasteiger partial charge in [-0.15, -0.1) is 6.42 Å². The molecule has 0 saturated carbocycles. The summed E-state index contributed by atoms with van der Waals surface area (Å²) in [5.41, 5.74) is 1.36. The molecule has 0 bridgehead atoms. The summed E-state index contributed by atoms with van der Waals surface area (Å²) in [6.45, 7) is 1.72. The van der Waals surface area contributed by atoms with Crippen LogP contribution in [0.2, 0.25) is 0 Å². The molecule has 86 valence electrons. The number of benzene rings is 2. The van der Waals surface area contributed by atoms with Gasteiger partial charge in [0.25, 0.3) is 0 Å². The number of hydrogen-bond acceptors (Lipinski definition) is 0. The first-order chi connectivity index (χ1) is 8.12. The van der Waals surface area contributed by atoms with Crippen molar-refractivity contribution >= 4 is 10.8 Å². The number of nitrogens with zero attached hydrogens (tertiary/aromatic N) is 1. The molecule has 0 aliphatic rings. The standard InChI is InChI=1S/C16H18N/c1-4-12-17(2,3)13-15-10-7-9-14-8-5-6-11-16(14)15/h1,5-11H,12-13H2,2-3H3/q+1. The van der Waals surface area contributed by atoms with Crippen molar-refractivity contribution in [2.75, 3.05) is 20.6 Å². The maximum absolute atomic E-state index is 5.42. The molecule has 0 amide bonds. The van der Waals surface area contributed by atoms with Crippen LogP contribution < -0.4 is 0 Å². The Bertz CT molecular complexity index is 556. The number of quaternary nitrogens is 1. The van der Waals surface area contributed by atoms with Crippen molar-refractivity contribution in [3.8, 4) is 12.3 Å². The van der Waals surface area contributed by atoms with Crippen molar-refractivity contribution in [1.82, 2.24) is 0 Å². The lowest BCUT2D eigenvalue weighted by Crippen LogP contribution is -2.38. The maximum Gasteiger partial charge on any atom is 0.140 e. The van der Waals surface area contributed by atoms with Crippen molar-refractivity contribution in [2.45, 2.75) is 6.54 Å². The second kappa shape index (κ2) is 4.61. The molecule has 0 N–H and O–H groups in total. The summed E-state index contributed by atoms with van der Waals surface area (Å²) in [5.74, 6) is 2.75. The Balaban J connectivity index is 2.40. The highest BCUT2D eigenvalue weighted by molar-refractivity contribution is 5.85. The Morgan fingerprint density at radius 2 is 1.76 bits per heavy atom. The summed E-state index contributed by atoms with van der Waals surface area (Å²) < 4.78 is 0.824. The fourth-order valence-electron chi connectivity index (χ4n) is 2.19. The highest BCUT2D eigenvalue weighted by Crippen LogP contribution is 2.21. The van der Waals surface area contributed by atoms with Crippen LogP contribution in [0.1, 0.15) is 5.56 Å². The van der Waals surface area contributed by atoms with Crippen molar-refractivity contribution in [3.05, 3.63) is 48.0 Å². The van der Waals surface area contributed by atoms with Gasteiger partial charge in [0.05, 0.1) is 14.1 Å². The third-order valence-electron chi connectivity index (χ3n) is 3.00. The second-order valence-electron chi connectivity index (χ2n) is 5.09. The van der Waals surface area contributed by atoms with Gasteiger partial charge in [-0.05, 0) is 16.7 Å². The van der Waals surface area contributed by atoms with Gasteiger partial charge in [-0.3, -0.25) is 0 Å². The van der Waals surface area contributed by atoms with Gasteiger partial charge in [-0.25, -0.2) is 0 Å². The van der Waals surface area contributed by atoms with Crippen LogP contribution in [0.25, 0.3) is 10.8 Å². The first kappa shape index (κ1) is 11.7. The first-order valence-corrected chi connectivity index (χ1v) is 5.84. The van der Waals surface area contributed by atoms with Crippen molar-refractivity contribution in [1.29, 1.82) is 0 Å². The van der Waals surface area contributed by atoms with Gasteiger partial charge in [-0.1, -0.05) is 42.5 Å². The van der Waals surface area contributed by atoms with Gasteiger partial charge < -0.3 is 4.48 Å². The van der Waals surface area contributed by atoms with Crippen LogP contribution >= 0.6 is 0 Å². The fraction of sp³-hybridized carbons (Fsp3) is 0.250. The number of fused-ring (bicyclic) bond motifs is 1. The molecule has 0 spiro atoms. The Hall–Kier alpha value is -1.78. The van der Waals surface area contributed by atoms with E-state index in [1.807, 2.05) is 0 Å². The molecular formula is C16H18N+. The van der Waals surface area contributed by atoms with E-state index < -0.39 is 0 Å². The Kier molecular flexibility index (Phi) is 3.17.